The Bertz CT molecular complexity index is 2910. The summed E-state index contributed by atoms with van der Waals surface area (Å²) in [6.07, 6.45) is 0. The molecule has 3 heterocycles. The van der Waals surface area contributed by atoms with Gasteiger partial charge in [-0.2, -0.15) is 0 Å². The van der Waals surface area contributed by atoms with E-state index in [2.05, 4.69) is 187 Å². The average Bonchev–Trinajstić information content (AvgIpc) is 3.74. The molecule has 0 radical (unpaired) electrons. The topological polar surface area (TPSA) is 23.4 Å². The van der Waals surface area contributed by atoms with E-state index in [1.54, 1.807) is 0 Å². The molecule has 0 unspecified atom stereocenters. The third kappa shape index (κ3) is 5.48. The second-order valence-corrected chi connectivity index (χ2v) is 18.5. The highest BCUT2D eigenvalue weighted by atomic mass is 16.5. The standard InChI is InChI=1S/C55H50BNO2/c1-30(2)34-12-18-40-42(24-34)43-25-35(31(3)4)13-19-41(43)54(40)38-14-20-46-52(28-38)58-50-10-9-11-51-55(50)56(46)47-21-17-39(29-53(47)59-51)57-48-22-15-36(32(5)6)26-44(48)45-27-37(33(7)8)16-23-49(45)57/h9-33,54H,1-8H3. The summed E-state index contributed by atoms with van der Waals surface area (Å²) in [5.41, 5.74) is 19.2. The highest BCUT2D eigenvalue weighted by Crippen LogP contribution is 2.50. The van der Waals surface area contributed by atoms with Gasteiger partial charge in [0.2, 0.25) is 0 Å². The van der Waals surface area contributed by atoms with Gasteiger partial charge >= 0.3 is 0 Å². The Morgan fingerprint density at radius 1 is 0.458 bits per heavy atom. The first-order valence-electron chi connectivity index (χ1n) is 21.7. The van der Waals surface area contributed by atoms with Crippen LogP contribution in [0, 0.1) is 0 Å². The molecule has 0 saturated heterocycles. The van der Waals surface area contributed by atoms with Crippen molar-refractivity contribution in [2.24, 2.45) is 0 Å². The van der Waals surface area contributed by atoms with E-state index in [1.165, 1.54) is 77.3 Å². The van der Waals surface area contributed by atoms with Crippen molar-refractivity contribution in [1.29, 1.82) is 0 Å². The zero-order valence-electron chi connectivity index (χ0n) is 35.4. The molecule has 1 aliphatic carbocycles. The van der Waals surface area contributed by atoms with Crippen LogP contribution in [0.3, 0.4) is 0 Å². The highest BCUT2D eigenvalue weighted by Gasteiger charge is 2.41. The van der Waals surface area contributed by atoms with Crippen molar-refractivity contribution >= 4 is 44.9 Å². The SMILES string of the molecule is CC(C)c1ccc2c(c1)-c1cc(C(C)C)ccc1C2c1ccc2c(c1)Oc1cccc3c1B2c1ccc(-n2c4ccc(C(C)C)cc4c4cc(C(C)C)ccc42)cc1O3. The molecule has 0 bridgehead atoms. The van der Waals surface area contributed by atoms with Crippen molar-refractivity contribution in [3.8, 4) is 39.8 Å². The van der Waals surface area contributed by atoms with Crippen molar-refractivity contribution in [3.05, 3.63) is 166 Å². The number of nitrogens with zero attached hydrogens (tertiary/aromatic N) is 1. The molecule has 290 valence electrons. The zero-order valence-corrected chi connectivity index (χ0v) is 35.4. The lowest BCUT2D eigenvalue weighted by molar-refractivity contribution is 0.464. The van der Waals surface area contributed by atoms with Crippen LogP contribution in [0.1, 0.15) is 124 Å². The predicted octanol–water partition coefficient (Wildman–Crippen LogP) is 13.2. The number of rotatable bonds is 6. The minimum absolute atomic E-state index is 0.0116. The molecule has 0 N–H and O–H groups in total. The third-order valence-electron chi connectivity index (χ3n) is 13.5. The van der Waals surface area contributed by atoms with E-state index in [9.17, 15) is 0 Å². The van der Waals surface area contributed by atoms with Gasteiger partial charge in [0.25, 0.3) is 6.71 Å². The molecule has 0 fully saturated rings. The Balaban J connectivity index is 1.04. The average molecular weight is 768 g/mol. The molecule has 2 aliphatic heterocycles. The monoisotopic (exact) mass is 767 g/mol. The molecule has 0 atom stereocenters. The van der Waals surface area contributed by atoms with Gasteiger partial charge in [-0.3, -0.25) is 0 Å². The highest BCUT2D eigenvalue weighted by molar-refractivity contribution is 6.98. The van der Waals surface area contributed by atoms with Crippen LogP contribution in [0.4, 0.5) is 0 Å². The maximum atomic E-state index is 6.86. The van der Waals surface area contributed by atoms with E-state index in [1.807, 2.05) is 0 Å². The lowest BCUT2D eigenvalue weighted by atomic mass is 9.35. The molecule has 59 heavy (non-hydrogen) atoms. The largest absolute Gasteiger partial charge is 0.458 e. The van der Waals surface area contributed by atoms with Crippen molar-refractivity contribution in [1.82, 2.24) is 4.57 Å². The Morgan fingerprint density at radius 2 is 0.932 bits per heavy atom. The lowest BCUT2D eigenvalue weighted by Crippen LogP contribution is -2.57. The second kappa shape index (κ2) is 13.3. The van der Waals surface area contributed by atoms with Crippen LogP contribution >= 0.6 is 0 Å². The fraction of sp³-hybridized carbons (Fsp3) is 0.236. The van der Waals surface area contributed by atoms with E-state index in [0.717, 1.165) is 39.6 Å². The summed E-state index contributed by atoms with van der Waals surface area (Å²) in [6, 6.07) is 48.4. The molecule has 8 aromatic rings. The van der Waals surface area contributed by atoms with Crippen LogP contribution in [0.2, 0.25) is 0 Å². The fourth-order valence-corrected chi connectivity index (χ4v) is 10.2. The van der Waals surface area contributed by atoms with Crippen molar-refractivity contribution in [2.45, 2.75) is 85.0 Å². The van der Waals surface area contributed by atoms with Crippen molar-refractivity contribution in [3.63, 3.8) is 0 Å². The van der Waals surface area contributed by atoms with Crippen LogP contribution in [0.25, 0.3) is 38.6 Å². The summed E-state index contributed by atoms with van der Waals surface area (Å²) in [5, 5.41) is 2.59. The van der Waals surface area contributed by atoms with Gasteiger partial charge in [0.1, 0.15) is 23.0 Å². The maximum absolute atomic E-state index is 6.86. The quantitative estimate of drug-likeness (QED) is 0.157. The Hall–Kier alpha value is -6.00. The molecule has 0 saturated carbocycles. The van der Waals surface area contributed by atoms with Crippen LogP contribution in [-0.4, -0.2) is 11.3 Å². The number of hydrogen-bond acceptors (Lipinski definition) is 2. The minimum atomic E-state index is -0.0116. The predicted molar refractivity (Wildman–Crippen MR) is 248 cm³/mol. The van der Waals surface area contributed by atoms with Gasteiger partial charge in [-0.25, -0.2) is 0 Å². The smallest absolute Gasteiger partial charge is 0.260 e. The Kier molecular flexibility index (Phi) is 8.12. The normalized spacial score (nSPS) is 13.9. The number of fused-ring (bicyclic) bond motifs is 10. The van der Waals surface area contributed by atoms with Crippen molar-refractivity contribution < 1.29 is 9.47 Å². The van der Waals surface area contributed by atoms with Gasteiger partial charge in [0.15, 0.2) is 0 Å². The van der Waals surface area contributed by atoms with E-state index in [0.29, 0.717) is 23.7 Å². The number of aromatic nitrogens is 1. The summed E-state index contributed by atoms with van der Waals surface area (Å²) >= 11 is 0. The molecule has 3 aliphatic rings. The van der Waals surface area contributed by atoms with Crippen LogP contribution < -0.4 is 25.9 Å². The first-order valence-corrected chi connectivity index (χ1v) is 21.7. The minimum Gasteiger partial charge on any atom is -0.458 e. The molecule has 11 rings (SSSR count). The van der Waals surface area contributed by atoms with Crippen LogP contribution in [0.15, 0.2) is 127 Å². The number of benzene rings is 7. The maximum Gasteiger partial charge on any atom is 0.260 e. The Labute approximate surface area is 348 Å². The fourth-order valence-electron chi connectivity index (χ4n) is 10.2. The van der Waals surface area contributed by atoms with Crippen LogP contribution in [0.5, 0.6) is 23.0 Å². The van der Waals surface area contributed by atoms with E-state index in [4.69, 9.17) is 9.47 Å². The van der Waals surface area contributed by atoms with E-state index >= 15 is 0 Å². The number of ether oxygens (including phenoxy) is 2. The van der Waals surface area contributed by atoms with Gasteiger partial charge in [0.05, 0.1) is 11.0 Å². The first kappa shape index (κ1) is 36.1. The summed E-state index contributed by atoms with van der Waals surface area (Å²) in [5.74, 6) is 5.51. The molecule has 4 heteroatoms. The molecule has 1 aromatic heterocycles. The molecule has 0 spiro atoms. The van der Waals surface area contributed by atoms with Gasteiger partial charge in [0, 0.05) is 33.9 Å². The van der Waals surface area contributed by atoms with Gasteiger partial charge < -0.3 is 14.0 Å². The van der Waals surface area contributed by atoms with Gasteiger partial charge in [-0.05, 0) is 133 Å². The molecule has 7 aromatic carbocycles. The zero-order chi connectivity index (χ0) is 40.4. The summed E-state index contributed by atoms with van der Waals surface area (Å²) in [4.78, 5) is 0. The molecular weight excluding hydrogens is 717 g/mol. The summed E-state index contributed by atoms with van der Waals surface area (Å²) in [7, 11) is 0. The Morgan fingerprint density at radius 3 is 1.46 bits per heavy atom. The van der Waals surface area contributed by atoms with E-state index < -0.39 is 0 Å². The molecule has 3 nitrogen and oxygen atoms in total. The second-order valence-electron chi connectivity index (χ2n) is 18.5. The number of hydrogen-bond donors (Lipinski definition) is 0. The van der Waals surface area contributed by atoms with E-state index in [-0.39, 0.29) is 12.6 Å². The van der Waals surface area contributed by atoms with Crippen LogP contribution in [-0.2, 0) is 0 Å². The summed E-state index contributed by atoms with van der Waals surface area (Å²) in [6.45, 7) is 18.2. The lowest BCUT2D eigenvalue weighted by Gasteiger charge is -2.33. The summed E-state index contributed by atoms with van der Waals surface area (Å²) < 4.78 is 16.1. The van der Waals surface area contributed by atoms with Gasteiger partial charge in [-0.1, -0.05) is 128 Å². The van der Waals surface area contributed by atoms with Gasteiger partial charge in [-0.15, -0.1) is 0 Å². The molecule has 0 amide bonds. The first-order chi connectivity index (χ1) is 28.5. The molecular formula is C55H50BNO2. The third-order valence-corrected chi connectivity index (χ3v) is 13.5. The van der Waals surface area contributed by atoms with Crippen molar-refractivity contribution in [2.75, 3.05) is 0 Å².